The maximum Gasteiger partial charge on any atom is 0.143 e. The predicted molar refractivity (Wildman–Crippen MR) is 58.0 cm³/mol. The Labute approximate surface area is 85.1 Å². The van der Waals surface area contributed by atoms with Gasteiger partial charge in [-0.2, -0.15) is 0 Å². The maximum absolute atomic E-state index is 4.32. The highest BCUT2D eigenvalue weighted by Gasteiger charge is 2.10. The van der Waals surface area contributed by atoms with Crippen LogP contribution in [0.15, 0.2) is 18.3 Å². The Hall–Kier alpha value is -1.09. The summed E-state index contributed by atoms with van der Waals surface area (Å²) in [5.41, 5.74) is 4.58. The van der Waals surface area contributed by atoms with Crippen molar-refractivity contribution in [2.45, 2.75) is 26.2 Å². The van der Waals surface area contributed by atoms with Crippen LogP contribution in [0, 0.1) is 6.92 Å². The van der Waals surface area contributed by atoms with E-state index in [0.29, 0.717) is 0 Å². The highest BCUT2D eigenvalue weighted by molar-refractivity contribution is 5.41. The summed E-state index contributed by atoms with van der Waals surface area (Å²) in [5, 5.41) is 2.26. The van der Waals surface area contributed by atoms with Gasteiger partial charge in [-0.25, -0.2) is 9.99 Å². The third-order valence-corrected chi connectivity index (χ3v) is 2.63. The van der Waals surface area contributed by atoms with Crippen molar-refractivity contribution in [3.8, 4) is 0 Å². The summed E-state index contributed by atoms with van der Waals surface area (Å²) in [5.74, 6) is 0.995. The van der Waals surface area contributed by atoms with Gasteiger partial charge in [0.15, 0.2) is 0 Å². The van der Waals surface area contributed by atoms with Gasteiger partial charge in [-0.15, -0.1) is 0 Å². The molecule has 2 rings (SSSR count). The van der Waals surface area contributed by atoms with Gasteiger partial charge in [0, 0.05) is 19.3 Å². The summed E-state index contributed by atoms with van der Waals surface area (Å²) >= 11 is 0. The van der Waals surface area contributed by atoms with E-state index in [4.69, 9.17) is 0 Å². The first-order chi connectivity index (χ1) is 6.86. The zero-order chi connectivity index (χ0) is 9.80. The lowest BCUT2D eigenvalue weighted by molar-refractivity contribution is 0.272. The molecule has 0 bridgehead atoms. The van der Waals surface area contributed by atoms with Gasteiger partial charge in [0.05, 0.1) is 0 Å². The van der Waals surface area contributed by atoms with Gasteiger partial charge in [0.2, 0.25) is 0 Å². The number of hydrazine groups is 1. The molecule has 0 saturated carbocycles. The smallest absolute Gasteiger partial charge is 0.143 e. The molecule has 76 valence electrons. The largest absolute Gasteiger partial charge is 0.303 e. The number of nitrogens with zero attached hydrogens (tertiary/aromatic N) is 2. The minimum absolute atomic E-state index is 0.995. The molecule has 3 nitrogen and oxygen atoms in total. The zero-order valence-corrected chi connectivity index (χ0v) is 8.66. The fraction of sp³-hybridized carbons (Fsp3) is 0.545. The molecule has 1 N–H and O–H groups in total. The number of rotatable bonds is 2. The number of piperidine rings is 1. The van der Waals surface area contributed by atoms with E-state index in [9.17, 15) is 0 Å². The van der Waals surface area contributed by atoms with Crippen LogP contribution in [0.3, 0.4) is 0 Å². The van der Waals surface area contributed by atoms with Crippen molar-refractivity contribution >= 4 is 5.82 Å². The topological polar surface area (TPSA) is 28.2 Å². The SMILES string of the molecule is Cc1cccnc1NN1CCCCC1. The van der Waals surface area contributed by atoms with E-state index in [0.717, 1.165) is 18.9 Å². The highest BCUT2D eigenvalue weighted by Crippen LogP contribution is 2.13. The van der Waals surface area contributed by atoms with Crippen molar-refractivity contribution in [1.29, 1.82) is 0 Å². The van der Waals surface area contributed by atoms with Crippen LogP contribution in [0.1, 0.15) is 24.8 Å². The summed E-state index contributed by atoms with van der Waals surface area (Å²) in [4.78, 5) is 4.32. The number of nitrogens with one attached hydrogen (secondary N) is 1. The Morgan fingerprint density at radius 2 is 2.07 bits per heavy atom. The van der Waals surface area contributed by atoms with Gasteiger partial charge in [-0.3, -0.25) is 0 Å². The summed E-state index contributed by atoms with van der Waals surface area (Å²) in [6.07, 6.45) is 5.77. The van der Waals surface area contributed by atoms with E-state index >= 15 is 0 Å². The van der Waals surface area contributed by atoms with Crippen molar-refractivity contribution in [2.75, 3.05) is 18.5 Å². The molecule has 0 atom stereocenters. The van der Waals surface area contributed by atoms with Gasteiger partial charge in [-0.1, -0.05) is 12.5 Å². The predicted octanol–water partition coefficient (Wildman–Crippen LogP) is 2.20. The normalized spacial score (nSPS) is 18.1. The summed E-state index contributed by atoms with van der Waals surface area (Å²) in [6.45, 7) is 4.35. The Bertz CT molecular complexity index is 292. The number of aromatic nitrogens is 1. The molecule has 1 fully saturated rings. The van der Waals surface area contributed by atoms with Crippen molar-refractivity contribution in [2.24, 2.45) is 0 Å². The molecule has 0 aliphatic carbocycles. The fourth-order valence-corrected chi connectivity index (χ4v) is 1.76. The molecule has 3 heteroatoms. The Kier molecular flexibility index (Phi) is 2.99. The van der Waals surface area contributed by atoms with E-state index < -0.39 is 0 Å². The van der Waals surface area contributed by atoms with Crippen LogP contribution in [0.2, 0.25) is 0 Å². The van der Waals surface area contributed by atoms with Crippen LogP contribution >= 0.6 is 0 Å². The average Bonchev–Trinajstić information content (AvgIpc) is 2.23. The third-order valence-electron chi connectivity index (χ3n) is 2.63. The minimum Gasteiger partial charge on any atom is -0.303 e. The first kappa shape index (κ1) is 9.46. The van der Waals surface area contributed by atoms with Gasteiger partial charge >= 0.3 is 0 Å². The number of hydrogen-bond acceptors (Lipinski definition) is 3. The molecule has 0 radical (unpaired) electrons. The van der Waals surface area contributed by atoms with Crippen LogP contribution < -0.4 is 5.43 Å². The zero-order valence-electron chi connectivity index (χ0n) is 8.66. The Morgan fingerprint density at radius 3 is 2.79 bits per heavy atom. The first-order valence-electron chi connectivity index (χ1n) is 5.29. The molecule has 0 unspecified atom stereocenters. The van der Waals surface area contributed by atoms with Gasteiger partial charge in [-0.05, 0) is 31.4 Å². The second-order valence-electron chi connectivity index (χ2n) is 3.83. The van der Waals surface area contributed by atoms with Crippen LogP contribution in [0.4, 0.5) is 5.82 Å². The standard InChI is InChI=1S/C11H17N3/c1-10-6-5-7-12-11(10)13-14-8-3-2-4-9-14/h5-7H,2-4,8-9H2,1H3,(H,12,13). The number of pyridine rings is 1. The van der Waals surface area contributed by atoms with E-state index in [1.54, 1.807) is 0 Å². The van der Waals surface area contributed by atoms with Crippen LogP contribution in [-0.2, 0) is 0 Å². The number of anilines is 1. The first-order valence-corrected chi connectivity index (χ1v) is 5.29. The molecule has 0 aromatic carbocycles. The van der Waals surface area contributed by atoms with Crippen molar-refractivity contribution < 1.29 is 0 Å². The highest BCUT2D eigenvalue weighted by atomic mass is 15.5. The summed E-state index contributed by atoms with van der Waals surface area (Å²) in [7, 11) is 0. The minimum atomic E-state index is 0.995. The molecular formula is C11H17N3. The lowest BCUT2D eigenvalue weighted by atomic mass is 10.2. The van der Waals surface area contributed by atoms with Gasteiger partial charge in [0.25, 0.3) is 0 Å². The summed E-state index contributed by atoms with van der Waals surface area (Å²) < 4.78 is 0. The van der Waals surface area contributed by atoms with Gasteiger partial charge < -0.3 is 5.43 Å². The molecular weight excluding hydrogens is 174 g/mol. The lowest BCUT2D eigenvalue weighted by Gasteiger charge is -2.27. The van der Waals surface area contributed by atoms with E-state index in [1.165, 1.54) is 24.8 Å². The second-order valence-corrected chi connectivity index (χ2v) is 3.83. The van der Waals surface area contributed by atoms with Crippen LogP contribution in [-0.4, -0.2) is 23.1 Å². The van der Waals surface area contributed by atoms with Crippen molar-refractivity contribution in [1.82, 2.24) is 9.99 Å². The molecule has 1 aromatic rings. The van der Waals surface area contributed by atoms with Crippen LogP contribution in [0.25, 0.3) is 0 Å². The Balaban J connectivity index is 1.99. The van der Waals surface area contributed by atoms with E-state index in [2.05, 4.69) is 28.4 Å². The molecule has 0 amide bonds. The number of hydrogen-bond donors (Lipinski definition) is 1. The lowest BCUT2D eigenvalue weighted by Crippen LogP contribution is -2.35. The Morgan fingerprint density at radius 1 is 1.29 bits per heavy atom. The molecule has 1 aromatic heterocycles. The quantitative estimate of drug-likeness (QED) is 0.776. The molecule has 1 saturated heterocycles. The third kappa shape index (κ3) is 2.23. The van der Waals surface area contributed by atoms with Crippen molar-refractivity contribution in [3.05, 3.63) is 23.9 Å². The molecule has 0 spiro atoms. The maximum atomic E-state index is 4.32. The average molecular weight is 191 g/mol. The van der Waals surface area contributed by atoms with E-state index in [1.807, 2.05) is 12.3 Å². The second kappa shape index (κ2) is 4.42. The molecule has 14 heavy (non-hydrogen) atoms. The van der Waals surface area contributed by atoms with Gasteiger partial charge in [0.1, 0.15) is 5.82 Å². The number of aryl methyl sites for hydroxylation is 1. The molecule has 1 aliphatic heterocycles. The van der Waals surface area contributed by atoms with Crippen molar-refractivity contribution in [3.63, 3.8) is 0 Å². The van der Waals surface area contributed by atoms with E-state index in [-0.39, 0.29) is 0 Å². The molecule has 1 aliphatic rings. The monoisotopic (exact) mass is 191 g/mol. The van der Waals surface area contributed by atoms with Crippen LogP contribution in [0.5, 0.6) is 0 Å². The summed E-state index contributed by atoms with van der Waals surface area (Å²) in [6, 6.07) is 4.05. The molecule has 2 heterocycles. The fourth-order valence-electron chi connectivity index (χ4n) is 1.76.